The normalized spacial score (nSPS) is 17.5. The molecule has 0 radical (unpaired) electrons. The maximum atomic E-state index is 12.6. The van der Waals surface area contributed by atoms with Gasteiger partial charge in [0, 0.05) is 29.1 Å². The van der Waals surface area contributed by atoms with Gasteiger partial charge in [0.1, 0.15) is 0 Å². The van der Waals surface area contributed by atoms with Gasteiger partial charge in [-0.05, 0) is 55.2 Å². The van der Waals surface area contributed by atoms with Crippen molar-refractivity contribution in [2.75, 3.05) is 11.9 Å². The Morgan fingerprint density at radius 1 is 1.32 bits per heavy atom. The van der Waals surface area contributed by atoms with Crippen molar-refractivity contribution in [2.45, 2.75) is 25.8 Å². The van der Waals surface area contributed by atoms with E-state index in [0.29, 0.717) is 0 Å². The molecule has 4 nitrogen and oxygen atoms in total. The average molecular weight is 360 g/mol. The number of rotatable bonds is 2. The molecule has 22 heavy (non-hydrogen) atoms. The summed E-state index contributed by atoms with van der Waals surface area (Å²) in [6.07, 6.45) is 5.58. The topological polar surface area (TPSA) is 45.2 Å². The Morgan fingerprint density at radius 2 is 2.09 bits per heavy atom. The highest BCUT2D eigenvalue weighted by Gasteiger charge is 2.29. The van der Waals surface area contributed by atoms with Crippen molar-refractivity contribution in [3.05, 3.63) is 58.3 Å². The van der Waals surface area contributed by atoms with Crippen LogP contribution in [0.5, 0.6) is 0 Å². The molecule has 1 saturated heterocycles. The number of hydrogen-bond donors (Lipinski definition) is 1. The third kappa shape index (κ3) is 3.14. The summed E-state index contributed by atoms with van der Waals surface area (Å²) in [4.78, 5) is 18.5. The minimum atomic E-state index is -0.0462. The maximum Gasteiger partial charge on any atom is 0.322 e. The van der Waals surface area contributed by atoms with E-state index in [4.69, 9.17) is 0 Å². The first-order valence-electron chi connectivity index (χ1n) is 7.39. The SMILES string of the molecule is Cc1ccc(NC(=O)N2CCCC2c2ccncc2)cc1Br. The quantitative estimate of drug-likeness (QED) is 0.856. The predicted octanol–water partition coefficient (Wildman–Crippen LogP) is 4.52. The van der Waals surface area contributed by atoms with E-state index in [9.17, 15) is 4.79 Å². The fourth-order valence-electron chi connectivity index (χ4n) is 2.81. The fourth-order valence-corrected chi connectivity index (χ4v) is 3.19. The first-order valence-corrected chi connectivity index (χ1v) is 8.18. The molecule has 3 rings (SSSR count). The van der Waals surface area contributed by atoms with Crippen LogP contribution in [-0.2, 0) is 0 Å². The Kier molecular flexibility index (Phi) is 4.43. The first kappa shape index (κ1) is 15.0. The lowest BCUT2D eigenvalue weighted by atomic mass is 10.1. The molecule has 2 heterocycles. The van der Waals surface area contributed by atoms with Crippen LogP contribution < -0.4 is 5.32 Å². The summed E-state index contributed by atoms with van der Waals surface area (Å²) in [5.74, 6) is 0. The van der Waals surface area contributed by atoms with E-state index in [1.165, 1.54) is 0 Å². The van der Waals surface area contributed by atoms with E-state index < -0.39 is 0 Å². The summed E-state index contributed by atoms with van der Waals surface area (Å²) in [6.45, 7) is 2.81. The molecule has 1 aliphatic heterocycles. The van der Waals surface area contributed by atoms with Gasteiger partial charge in [-0.25, -0.2) is 4.79 Å². The molecule has 1 unspecified atom stereocenters. The largest absolute Gasteiger partial charge is 0.322 e. The zero-order valence-electron chi connectivity index (χ0n) is 12.4. The number of hydrogen-bond acceptors (Lipinski definition) is 2. The molecule has 2 amide bonds. The molecule has 1 aromatic carbocycles. The number of benzene rings is 1. The van der Waals surface area contributed by atoms with Crippen LogP contribution in [0.2, 0.25) is 0 Å². The van der Waals surface area contributed by atoms with Crippen molar-refractivity contribution in [1.82, 2.24) is 9.88 Å². The summed E-state index contributed by atoms with van der Waals surface area (Å²) in [6, 6.07) is 9.91. The third-order valence-corrected chi connectivity index (χ3v) is 4.88. The van der Waals surface area contributed by atoms with Crippen LogP contribution >= 0.6 is 15.9 Å². The van der Waals surface area contributed by atoms with Gasteiger partial charge in [-0.2, -0.15) is 0 Å². The maximum absolute atomic E-state index is 12.6. The van der Waals surface area contributed by atoms with Gasteiger partial charge in [-0.3, -0.25) is 4.98 Å². The number of aromatic nitrogens is 1. The average Bonchev–Trinajstić information content (AvgIpc) is 3.01. The fraction of sp³-hybridized carbons (Fsp3) is 0.294. The number of nitrogens with one attached hydrogen (secondary N) is 1. The van der Waals surface area contributed by atoms with E-state index in [1.807, 2.05) is 42.2 Å². The van der Waals surface area contributed by atoms with E-state index in [2.05, 4.69) is 26.2 Å². The Morgan fingerprint density at radius 3 is 2.82 bits per heavy atom. The zero-order chi connectivity index (χ0) is 15.5. The monoisotopic (exact) mass is 359 g/mol. The number of halogens is 1. The molecule has 0 aliphatic carbocycles. The molecule has 0 bridgehead atoms. The molecule has 0 saturated carbocycles. The number of urea groups is 1. The third-order valence-electron chi connectivity index (χ3n) is 4.03. The van der Waals surface area contributed by atoms with Crippen LogP contribution in [0.15, 0.2) is 47.2 Å². The van der Waals surface area contributed by atoms with Crippen molar-refractivity contribution in [2.24, 2.45) is 0 Å². The minimum absolute atomic E-state index is 0.0462. The van der Waals surface area contributed by atoms with Crippen molar-refractivity contribution in [1.29, 1.82) is 0 Å². The molecule has 0 spiro atoms. The second kappa shape index (κ2) is 6.48. The summed E-state index contributed by atoms with van der Waals surface area (Å²) >= 11 is 3.50. The smallest absolute Gasteiger partial charge is 0.317 e. The number of amides is 2. The molecule has 1 fully saturated rings. The Balaban J connectivity index is 1.75. The summed E-state index contributed by atoms with van der Waals surface area (Å²) in [7, 11) is 0. The molecular weight excluding hydrogens is 342 g/mol. The Labute approximate surface area is 138 Å². The molecule has 1 aromatic heterocycles. The van der Waals surface area contributed by atoms with Gasteiger partial charge in [-0.1, -0.05) is 22.0 Å². The van der Waals surface area contributed by atoms with E-state index in [0.717, 1.165) is 40.7 Å². The second-order valence-electron chi connectivity index (χ2n) is 5.53. The summed E-state index contributed by atoms with van der Waals surface area (Å²) in [5.41, 5.74) is 3.10. The van der Waals surface area contributed by atoms with Crippen LogP contribution in [0, 0.1) is 6.92 Å². The Hall–Kier alpha value is -1.88. The Bertz CT molecular complexity index is 675. The lowest BCUT2D eigenvalue weighted by Crippen LogP contribution is -2.34. The number of pyridine rings is 1. The number of likely N-dealkylation sites (tertiary alicyclic amines) is 1. The highest BCUT2D eigenvalue weighted by atomic mass is 79.9. The highest BCUT2D eigenvalue weighted by molar-refractivity contribution is 9.10. The number of carbonyl (C=O) groups is 1. The lowest BCUT2D eigenvalue weighted by molar-refractivity contribution is 0.207. The first-order chi connectivity index (χ1) is 10.6. The van der Waals surface area contributed by atoms with E-state index in [1.54, 1.807) is 12.4 Å². The predicted molar refractivity (Wildman–Crippen MR) is 90.8 cm³/mol. The van der Waals surface area contributed by atoms with E-state index >= 15 is 0 Å². The van der Waals surface area contributed by atoms with Crippen molar-refractivity contribution >= 4 is 27.6 Å². The van der Waals surface area contributed by atoms with Gasteiger partial charge in [0.15, 0.2) is 0 Å². The van der Waals surface area contributed by atoms with Crippen molar-refractivity contribution in [3.8, 4) is 0 Å². The van der Waals surface area contributed by atoms with Gasteiger partial charge in [0.2, 0.25) is 0 Å². The molecule has 114 valence electrons. The summed E-state index contributed by atoms with van der Waals surface area (Å²) < 4.78 is 0.998. The molecule has 1 atom stereocenters. The molecule has 1 aliphatic rings. The van der Waals surface area contributed by atoms with Crippen molar-refractivity contribution < 1.29 is 4.79 Å². The van der Waals surface area contributed by atoms with Gasteiger partial charge in [-0.15, -0.1) is 0 Å². The van der Waals surface area contributed by atoms with Gasteiger partial charge < -0.3 is 10.2 Å². The lowest BCUT2D eigenvalue weighted by Gasteiger charge is -2.25. The van der Waals surface area contributed by atoms with Crippen LogP contribution in [0.3, 0.4) is 0 Å². The van der Waals surface area contributed by atoms with Crippen LogP contribution in [0.1, 0.15) is 30.0 Å². The molecule has 5 heteroatoms. The number of anilines is 1. The number of aryl methyl sites for hydroxylation is 1. The second-order valence-corrected chi connectivity index (χ2v) is 6.38. The van der Waals surface area contributed by atoms with Crippen LogP contribution in [0.25, 0.3) is 0 Å². The molecule has 1 N–H and O–H groups in total. The zero-order valence-corrected chi connectivity index (χ0v) is 14.0. The highest BCUT2D eigenvalue weighted by Crippen LogP contribution is 2.32. The number of nitrogens with zero attached hydrogens (tertiary/aromatic N) is 2. The molecule has 2 aromatic rings. The standard InChI is InChI=1S/C17H18BrN3O/c1-12-4-5-14(11-15(12)18)20-17(22)21-10-2-3-16(21)13-6-8-19-9-7-13/h4-9,11,16H,2-3,10H2,1H3,(H,20,22). The van der Waals surface area contributed by atoms with Crippen molar-refractivity contribution in [3.63, 3.8) is 0 Å². The van der Waals surface area contributed by atoms with Gasteiger partial charge >= 0.3 is 6.03 Å². The number of carbonyl (C=O) groups excluding carboxylic acids is 1. The minimum Gasteiger partial charge on any atom is -0.317 e. The van der Waals surface area contributed by atoms with Gasteiger partial charge in [0.25, 0.3) is 0 Å². The van der Waals surface area contributed by atoms with E-state index in [-0.39, 0.29) is 12.1 Å². The summed E-state index contributed by atoms with van der Waals surface area (Å²) in [5, 5.41) is 2.99. The van der Waals surface area contributed by atoms with Crippen LogP contribution in [0.4, 0.5) is 10.5 Å². The van der Waals surface area contributed by atoms with Crippen LogP contribution in [-0.4, -0.2) is 22.5 Å². The molecular formula is C17H18BrN3O. The van der Waals surface area contributed by atoms with Gasteiger partial charge in [0.05, 0.1) is 6.04 Å².